The topological polar surface area (TPSA) is 53.6 Å². The van der Waals surface area contributed by atoms with Crippen molar-refractivity contribution < 1.29 is 9.53 Å². The Labute approximate surface area is 96.5 Å². The zero-order chi connectivity index (χ0) is 11.5. The molecule has 2 N–H and O–H groups in total. The van der Waals surface area contributed by atoms with Crippen molar-refractivity contribution in [3.8, 4) is 0 Å². The first-order valence-corrected chi connectivity index (χ1v) is 6.00. The number of rotatable bonds is 3. The number of morpholine rings is 1. The molecule has 0 unspecified atom stereocenters. The average Bonchev–Trinajstić information content (AvgIpc) is 2.22. The summed E-state index contributed by atoms with van der Waals surface area (Å²) in [6, 6.07) is 0. The molecule has 1 amide bonds. The zero-order valence-electron chi connectivity index (χ0n) is 10.0. The van der Waals surface area contributed by atoms with Crippen molar-refractivity contribution in [2.24, 2.45) is 5.92 Å². The van der Waals surface area contributed by atoms with E-state index < -0.39 is 0 Å². The van der Waals surface area contributed by atoms with Gasteiger partial charge in [0.1, 0.15) is 6.10 Å². The molecule has 0 bridgehead atoms. The van der Waals surface area contributed by atoms with E-state index in [1.54, 1.807) is 0 Å². The van der Waals surface area contributed by atoms with Crippen molar-refractivity contribution in [2.45, 2.75) is 19.1 Å². The minimum Gasteiger partial charge on any atom is -0.363 e. The van der Waals surface area contributed by atoms with Gasteiger partial charge in [0.25, 0.3) is 5.91 Å². The molecule has 2 heterocycles. The number of carbonyl (C=O) groups is 1. The largest absolute Gasteiger partial charge is 0.363 e. The van der Waals surface area contributed by atoms with Gasteiger partial charge in [-0.05, 0) is 14.0 Å². The van der Waals surface area contributed by atoms with E-state index in [4.69, 9.17) is 4.74 Å². The van der Waals surface area contributed by atoms with Crippen LogP contribution in [0.25, 0.3) is 0 Å². The van der Waals surface area contributed by atoms with Crippen LogP contribution >= 0.6 is 0 Å². The summed E-state index contributed by atoms with van der Waals surface area (Å²) in [4.78, 5) is 13.9. The van der Waals surface area contributed by atoms with Crippen LogP contribution in [0.3, 0.4) is 0 Å². The lowest BCUT2D eigenvalue weighted by Crippen LogP contribution is -2.59. The van der Waals surface area contributed by atoms with Gasteiger partial charge >= 0.3 is 0 Å². The van der Waals surface area contributed by atoms with Gasteiger partial charge in [-0.2, -0.15) is 0 Å². The Kier molecular flexibility index (Phi) is 3.78. The highest BCUT2D eigenvalue weighted by atomic mass is 16.5. The van der Waals surface area contributed by atoms with Gasteiger partial charge in [-0.25, -0.2) is 0 Å². The number of likely N-dealkylation sites (tertiary alicyclic amines) is 1. The predicted molar refractivity (Wildman–Crippen MR) is 61.2 cm³/mol. The van der Waals surface area contributed by atoms with E-state index in [1.165, 1.54) is 0 Å². The Morgan fingerprint density at radius 3 is 2.88 bits per heavy atom. The maximum Gasteiger partial charge on any atom is 0.253 e. The van der Waals surface area contributed by atoms with Crippen LogP contribution in [-0.2, 0) is 9.53 Å². The number of hydrogen-bond donors (Lipinski definition) is 2. The Bertz CT molecular complexity index is 254. The van der Waals surface area contributed by atoms with Crippen molar-refractivity contribution in [2.75, 3.05) is 39.8 Å². The number of hydrogen-bond acceptors (Lipinski definition) is 4. The molecule has 2 aliphatic heterocycles. The molecule has 5 heteroatoms. The third-order valence-electron chi connectivity index (χ3n) is 3.20. The highest BCUT2D eigenvalue weighted by molar-refractivity contribution is 5.82. The summed E-state index contributed by atoms with van der Waals surface area (Å²) in [5.74, 6) is 0.759. The van der Waals surface area contributed by atoms with Gasteiger partial charge in [0, 0.05) is 38.6 Å². The summed E-state index contributed by atoms with van der Waals surface area (Å²) in [6.45, 7) is 6.21. The molecule has 0 aromatic heterocycles. The molecule has 92 valence electrons. The van der Waals surface area contributed by atoms with Gasteiger partial charge in [-0.1, -0.05) is 0 Å². The van der Waals surface area contributed by atoms with Crippen LogP contribution in [-0.4, -0.2) is 62.8 Å². The second-order valence-electron chi connectivity index (χ2n) is 4.76. The third kappa shape index (κ3) is 2.53. The molecule has 0 aromatic carbocycles. The quantitative estimate of drug-likeness (QED) is 0.652. The normalized spacial score (nSPS) is 31.2. The van der Waals surface area contributed by atoms with Crippen LogP contribution in [0.1, 0.15) is 6.92 Å². The molecule has 2 rings (SSSR count). The molecule has 2 atom stereocenters. The van der Waals surface area contributed by atoms with Gasteiger partial charge in [-0.3, -0.25) is 4.79 Å². The lowest BCUT2D eigenvalue weighted by molar-refractivity contribution is -0.155. The fourth-order valence-corrected chi connectivity index (χ4v) is 2.31. The first-order chi connectivity index (χ1) is 7.70. The minimum atomic E-state index is -0.278. The van der Waals surface area contributed by atoms with Gasteiger partial charge < -0.3 is 20.3 Å². The van der Waals surface area contributed by atoms with E-state index in [9.17, 15) is 4.79 Å². The highest BCUT2D eigenvalue weighted by Crippen LogP contribution is 2.17. The average molecular weight is 227 g/mol. The Balaban J connectivity index is 1.76. The molecule has 0 aromatic rings. The van der Waals surface area contributed by atoms with Crippen molar-refractivity contribution in [1.29, 1.82) is 0 Å². The fraction of sp³-hybridized carbons (Fsp3) is 0.909. The molecule has 5 nitrogen and oxygen atoms in total. The predicted octanol–water partition coefficient (Wildman–Crippen LogP) is -0.959. The van der Waals surface area contributed by atoms with E-state index >= 15 is 0 Å². The van der Waals surface area contributed by atoms with Crippen LogP contribution in [0.2, 0.25) is 0 Å². The summed E-state index contributed by atoms with van der Waals surface area (Å²) in [5, 5.41) is 6.35. The number of amides is 1. The monoisotopic (exact) mass is 227 g/mol. The van der Waals surface area contributed by atoms with E-state index in [0.29, 0.717) is 12.5 Å². The number of carbonyl (C=O) groups excluding carboxylic acids is 1. The van der Waals surface area contributed by atoms with Gasteiger partial charge in [0.15, 0.2) is 0 Å². The first-order valence-electron chi connectivity index (χ1n) is 6.00. The fourth-order valence-electron chi connectivity index (χ4n) is 2.31. The van der Waals surface area contributed by atoms with Crippen molar-refractivity contribution in [1.82, 2.24) is 15.5 Å². The smallest absolute Gasteiger partial charge is 0.253 e. The Morgan fingerprint density at radius 1 is 1.50 bits per heavy atom. The maximum atomic E-state index is 12.0. The van der Waals surface area contributed by atoms with Crippen LogP contribution in [0.5, 0.6) is 0 Å². The van der Waals surface area contributed by atoms with Crippen LogP contribution in [0, 0.1) is 5.92 Å². The number of ether oxygens (including phenoxy) is 1. The van der Waals surface area contributed by atoms with Crippen LogP contribution in [0.4, 0.5) is 0 Å². The van der Waals surface area contributed by atoms with Crippen molar-refractivity contribution in [3.63, 3.8) is 0 Å². The third-order valence-corrected chi connectivity index (χ3v) is 3.20. The van der Waals surface area contributed by atoms with Gasteiger partial charge in [0.2, 0.25) is 0 Å². The molecule has 0 saturated carbocycles. The molecular formula is C11H21N3O2. The molecule has 0 spiro atoms. The standard InChI is InChI=1S/C11H21N3O2/c1-8-3-13-5-10(16-8)11(15)14-6-9(7-14)4-12-2/h8-10,12-13H,3-7H2,1-2H3/t8-,10-/m1/s1. The minimum absolute atomic E-state index is 0.136. The summed E-state index contributed by atoms with van der Waals surface area (Å²) in [5.41, 5.74) is 0. The Hall–Kier alpha value is -0.650. The molecule has 0 aliphatic carbocycles. The summed E-state index contributed by atoms with van der Waals surface area (Å²) in [6.07, 6.45) is -0.142. The maximum absolute atomic E-state index is 12.0. The lowest BCUT2D eigenvalue weighted by atomic mass is 9.99. The van der Waals surface area contributed by atoms with E-state index in [-0.39, 0.29) is 18.1 Å². The summed E-state index contributed by atoms with van der Waals surface area (Å²) < 4.78 is 5.63. The second-order valence-corrected chi connectivity index (χ2v) is 4.76. The molecule has 2 fully saturated rings. The molecule has 2 saturated heterocycles. The van der Waals surface area contributed by atoms with E-state index in [1.807, 2.05) is 18.9 Å². The summed E-state index contributed by atoms with van der Waals surface area (Å²) >= 11 is 0. The summed E-state index contributed by atoms with van der Waals surface area (Å²) in [7, 11) is 1.94. The SMILES string of the molecule is CNCC1CN(C(=O)[C@H]2CNC[C@@H](C)O2)C1. The molecule has 16 heavy (non-hydrogen) atoms. The molecule has 0 radical (unpaired) electrons. The van der Waals surface area contributed by atoms with Gasteiger partial charge in [-0.15, -0.1) is 0 Å². The van der Waals surface area contributed by atoms with Crippen LogP contribution in [0.15, 0.2) is 0 Å². The second kappa shape index (κ2) is 5.12. The van der Waals surface area contributed by atoms with E-state index in [2.05, 4.69) is 10.6 Å². The zero-order valence-corrected chi connectivity index (χ0v) is 10.0. The van der Waals surface area contributed by atoms with Gasteiger partial charge in [0.05, 0.1) is 6.10 Å². The van der Waals surface area contributed by atoms with Crippen molar-refractivity contribution in [3.05, 3.63) is 0 Å². The number of nitrogens with zero attached hydrogens (tertiary/aromatic N) is 1. The molecule has 2 aliphatic rings. The lowest BCUT2D eigenvalue weighted by Gasteiger charge is -2.42. The van der Waals surface area contributed by atoms with Crippen LogP contribution < -0.4 is 10.6 Å². The van der Waals surface area contributed by atoms with E-state index in [0.717, 1.165) is 26.2 Å². The molecular weight excluding hydrogens is 206 g/mol. The number of nitrogens with one attached hydrogen (secondary N) is 2. The van der Waals surface area contributed by atoms with Crippen molar-refractivity contribution >= 4 is 5.91 Å². The first kappa shape index (κ1) is 11.8. The highest BCUT2D eigenvalue weighted by Gasteiger charge is 2.36. The Morgan fingerprint density at radius 2 is 2.25 bits per heavy atom.